The highest BCUT2D eigenvalue weighted by Gasteiger charge is 2.47. The van der Waals surface area contributed by atoms with Gasteiger partial charge >= 0.3 is 0 Å². The van der Waals surface area contributed by atoms with Crippen LogP contribution in [0.15, 0.2) is 0 Å². The summed E-state index contributed by atoms with van der Waals surface area (Å²) in [6.45, 7) is 1.78. The number of carbonyl (C=O) groups is 1. The number of hydrogen-bond acceptors (Lipinski definition) is 3. The summed E-state index contributed by atoms with van der Waals surface area (Å²) < 4.78 is 0. The van der Waals surface area contributed by atoms with E-state index in [1.807, 2.05) is 0 Å². The first-order valence-electron chi connectivity index (χ1n) is 4.18. The van der Waals surface area contributed by atoms with E-state index >= 15 is 0 Å². The smallest absolute Gasteiger partial charge is 0.242 e. The van der Waals surface area contributed by atoms with Crippen LogP contribution in [0.25, 0.3) is 0 Å². The highest BCUT2D eigenvalue weighted by atomic mass is 16.3. The molecule has 12 heavy (non-hydrogen) atoms. The first-order valence-corrected chi connectivity index (χ1v) is 4.18. The summed E-state index contributed by atoms with van der Waals surface area (Å²) in [6, 6.07) is -0.140. The number of hydrogen-bond donors (Lipinski definition) is 2. The highest BCUT2D eigenvalue weighted by Crippen LogP contribution is 2.34. The molecule has 1 fully saturated rings. The summed E-state index contributed by atoms with van der Waals surface area (Å²) >= 11 is 0. The molecule has 0 aliphatic heterocycles. The molecule has 1 aliphatic carbocycles. The van der Waals surface area contributed by atoms with E-state index in [2.05, 4.69) is 0 Å². The summed E-state index contributed by atoms with van der Waals surface area (Å²) in [7, 11) is 1.68. The van der Waals surface area contributed by atoms with Crippen molar-refractivity contribution in [2.24, 2.45) is 5.73 Å². The van der Waals surface area contributed by atoms with Crippen LogP contribution in [-0.4, -0.2) is 41.1 Å². The molecule has 0 radical (unpaired) electrons. The summed E-state index contributed by atoms with van der Waals surface area (Å²) in [5.74, 6) is -0.0518. The second-order valence-corrected chi connectivity index (χ2v) is 3.60. The molecule has 70 valence electrons. The zero-order valence-electron chi connectivity index (χ0n) is 7.58. The van der Waals surface area contributed by atoms with Crippen molar-refractivity contribution >= 4 is 5.91 Å². The topological polar surface area (TPSA) is 66.6 Å². The van der Waals surface area contributed by atoms with E-state index in [1.165, 1.54) is 4.90 Å². The predicted octanol–water partition coefficient (Wildman–Crippen LogP) is -0.683. The summed E-state index contributed by atoms with van der Waals surface area (Å²) in [5.41, 5.74) is 5.10. The van der Waals surface area contributed by atoms with Gasteiger partial charge in [-0.05, 0) is 19.8 Å². The molecule has 1 unspecified atom stereocenters. The molecule has 0 aromatic rings. The van der Waals surface area contributed by atoms with Gasteiger partial charge in [0.15, 0.2) is 0 Å². The number of likely N-dealkylation sites (N-methyl/N-ethyl adjacent to an activating group) is 1. The summed E-state index contributed by atoms with van der Waals surface area (Å²) in [5, 5.41) is 8.81. The Balaban J connectivity index is 2.52. The number of carbonyl (C=O) groups excluding carboxylic acids is 1. The molecule has 0 heterocycles. The Morgan fingerprint density at radius 3 is 2.58 bits per heavy atom. The Morgan fingerprint density at radius 2 is 2.25 bits per heavy atom. The molecular weight excluding hydrogens is 156 g/mol. The Hall–Kier alpha value is -0.610. The van der Waals surface area contributed by atoms with Gasteiger partial charge in [0.25, 0.3) is 0 Å². The maximum absolute atomic E-state index is 11.5. The van der Waals surface area contributed by atoms with Crippen LogP contribution in [0.2, 0.25) is 0 Å². The molecule has 1 atom stereocenters. The maximum atomic E-state index is 11.5. The SMILES string of the molecule is CC(CO)N(C)C(=O)C1(N)CC1. The number of nitrogens with zero attached hydrogens (tertiary/aromatic N) is 1. The highest BCUT2D eigenvalue weighted by molar-refractivity contribution is 5.89. The van der Waals surface area contributed by atoms with Crippen molar-refractivity contribution in [3.63, 3.8) is 0 Å². The molecular formula is C8H16N2O2. The molecule has 1 aliphatic rings. The van der Waals surface area contributed by atoms with Gasteiger partial charge in [0, 0.05) is 7.05 Å². The monoisotopic (exact) mass is 172 g/mol. The third kappa shape index (κ3) is 1.59. The normalized spacial score (nSPS) is 21.7. The molecule has 0 spiro atoms. The minimum atomic E-state index is -0.613. The van der Waals surface area contributed by atoms with Gasteiger partial charge in [0.05, 0.1) is 18.2 Å². The van der Waals surface area contributed by atoms with Gasteiger partial charge in [-0.3, -0.25) is 4.79 Å². The van der Waals surface area contributed by atoms with Crippen molar-refractivity contribution in [2.75, 3.05) is 13.7 Å². The summed E-state index contributed by atoms with van der Waals surface area (Å²) in [4.78, 5) is 13.0. The lowest BCUT2D eigenvalue weighted by atomic mass is 10.2. The van der Waals surface area contributed by atoms with Crippen LogP contribution < -0.4 is 5.73 Å². The lowest BCUT2D eigenvalue weighted by molar-refractivity contribution is -0.134. The van der Waals surface area contributed by atoms with Gasteiger partial charge in [0.1, 0.15) is 0 Å². The number of rotatable bonds is 3. The molecule has 4 nitrogen and oxygen atoms in total. The van der Waals surface area contributed by atoms with Crippen molar-refractivity contribution in [2.45, 2.75) is 31.3 Å². The lowest BCUT2D eigenvalue weighted by Gasteiger charge is -2.25. The average molecular weight is 172 g/mol. The van der Waals surface area contributed by atoms with E-state index in [-0.39, 0.29) is 18.6 Å². The van der Waals surface area contributed by atoms with Crippen LogP contribution in [0.5, 0.6) is 0 Å². The molecule has 1 saturated carbocycles. The van der Waals surface area contributed by atoms with Gasteiger partial charge in [0.2, 0.25) is 5.91 Å². The van der Waals surface area contributed by atoms with Crippen molar-refractivity contribution in [1.82, 2.24) is 4.90 Å². The molecule has 0 bridgehead atoms. The number of aliphatic hydroxyl groups is 1. The van der Waals surface area contributed by atoms with Crippen LogP contribution in [0.4, 0.5) is 0 Å². The fraction of sp³-hybridized carbons (Fsp3) is 0.875. The first kappa shape index (κ1) is 9.48. The fourth-order valence-electron chi connectivity index (χ4n) is 1.02. The van der Waals surface area contributed by atoms with Gasteiger partial charge in [-0.25, -0.2) is 0 Å². The van der Waals surface area contributed by atoms with Crippen molar-refractivity contribution in [3.05, 3.63) is 0 Å². The van der Waals surface area contributed by atoms with Gasteiger partial charge in [-0.15, -0.1) is 0 Å². The van der Waals surface area contributed by atoms with Crippen molar-refractivity contribution in [3.8, 4) is 0 Å². The average Bonchev–Trinajstić information content (AvgIpc) is 2.81. The van der Waals surface area contributed by atoms with E-state index in [0.717, 1.165) is 12.8 Å². The zero-order chi connectivity index (χ0) is 9.35. The minimum absolute atomic E-state index is 0.0156. The number of amides is 1. The molecule has 1 amide bonds. The molecule has 1 rings (SSSR count). The van der Waals surface area contributed by atoms with Crippen LogP contribution in [0.1, 0.15) is 19.8 Å². The Kier molecular flexibility index (Phi) is 2.39. The second-order valence-electron chi connectivity index (χ2n) is 3.60. The maximum Gasteiger partial charge on any atom is 0.242 e. The largest absolute Gasteiger partial charge is 0.394 e. The third-order valence-electron chi connectivity index (χ3n) is 2.46. The summed E-state index contributed by atoms with van der Waals surface area (Å²) in [6.07, 6.45) is 1.54. The Bertz CT molecular complexity index is 189. The van der Waals surface area contributed by atoms with E-state index in [9.17, 15) is 4.79 Å². The Morgan fingerprint density at radius 1 is 1.75 bits per heavy atom. The van der Waals surface area contributed by atoms with Crippen LogP contribution in [0, 0.1) is 0 Å². The lowest BCUT2D eigenvalue weighted by Crippen LogP contribution is -2.48. The van der Waals surface area contributed by atoms with Crippen LogP contribution in [-0.2, 0) is 4.79 Å². The fourth-order valence-corrected chi connectivity index (χ4v) is 1.02. The zero-order valence-corrected chi connectivity index (χ0v) is 7.58. The van der Waals surface area contributed by atoms with Crippen LogP contribution >= 0.6 is 0 Å². The molecule has 3 N–H and O–H groups in total. The standard InChI is InChI=1S/C8H16N2O2/c1-6(5-11)10(2)7(12)8(9)3-4-8/h6,11H,3-5,9H2,1-2H3. The van der Waals surface area contributed by atoms with Crippen LogP contribution in [0.3, 0.4) is 0 Å². The second kappa shape index (κ2) is 3.03. The van der Waals surface area contributed by atoms with Crippen molar-refractivity contribution < 1.29 is 9.90 Å². The van der Waals surface area contributed by atoms with Gasteiger partial charge in [-0.2, -0.15) is 0 Å². The number of nitrogens with two attached hydrogens (primary N) is 1. The predicted molar refractivity (Wildman–Crippen MR) is 45.5 cm³/mol. The van der Waals surface area contributed by atoms with E-state index in [4.69, 9.17) is 10.8 Å². The van der Waals surface area contributed by atoms with Crippen molar-refractivity contribution in [1.29, 1.82) is 0 Å². The quantitative estimate of drug-likeness (QED) is 0.592. The van der Waals surface area contributed by atoms with Gasteiger partial charge in [-0.1, -0.05) is 0 Å². The minimum Gasteiger partial charge on any atom is -0.394 e. The molecule has 0 aromatic heterocycles. The molecule has 4 heteroatoms. The van der Waals surface area contributed by atoms with E-state index in [1.54, 1.807) is 14.0 Å². The van der Waals surface area contributed by atoms with E-state index in [0.29, 0.717) is 0 Å². The third-order valence-corrected chi connectivity index (χ3v) is 2.46. The Labute approximate surface area is 72.3 Å². The molecule has 0 aromatic carbocycles. The van der Waals surface area contributed by atoms with Gasteiger partial charge < -0.3 is 15.7 Å². The van der Waals surface area contributed by atoms with E-state index < -0.39 is 5.54 Å². The first-order chi connectivity index (χ1) is 5.51. The molecule has 0 saturated heterocycles. The number of aliphatic hydroxyl groups excluding tert-OH is 1.